The van der Waals surface area contributed by atoms with Crippen LogP contribution in [0.15, 0.2) is 58.9 Å². The second kappa shape index (κ2) is 4.93. The summed E-state index contributed by atoms with van der Waals surface area (Å²) in [6.07, 6.45) is 2.06. The van der Waals surface area contributed by atoms with Crippen molar-refractivity contribution in [3.05, 3.63) is 65.5 Å². The van der Waals surface area contributed by atoms with Gasteiger partial charge in [0.15, 0.2) is 0 Å². The highest BCUT2D eigenvalue weighted by Crippen LogP contribution is 2.31. The normalized spacial score (nSPS) is 11.6. The third-order valence-corrected chi connectivity index (χ3v) is 3.66. The van der Waals surface area contributed by atoms with Crippen molar-refractivity contribution in [3.8, 4) is 0 Å². The Morgan fingerprint density at radius 2 is 1.60 bits per heavy atom. The number of azo groups is 1. The first-order valence-electron chi connectivity index (χ1n) is 6.71. The van der Waals surface area contributed by atoms with Crippen molar-refractivity contribution in [1.29, 1.82) is 0 Å². The predicted octanol–water partition coefficient (Wildman–Crippen LogP) is 5.28. The SMILES string of the molecule is Cc1ccc(N=Nc2c(C)c(C)n3ccccc23)cc1. The maximum absolute atomic E-state index is 4.46. The van der Waals surface area contributed by atoms with Gasteiger partial charge in [-0.05, 0) is 50.6 Å². The highest BCUT2D eigenvalue weighted by Gasteiger charge is 2.10. The molecule has 0 aliphatic heterocycles. The molecule has 0 spiro atoms. The van der Waals surface area contributed by atoms with E-state index in [1.165, 1.54) is 16.8 Å². The van der Waals surface area contributed by atoms with E-state index in [2.05, 4.69) is 47.7 Å². The molecule has 100 valence electrons. The summed E-state index contributed by atoms with van der Waals surface area (Å²) in [5.41, 5.74) is 6.53. The Kier molecular flexibility index (Phi) is 3.11. The minimum atomic E-state index is 0.878. The molecule has 0 amide bonds. The molecule has 0 unspecified atom stereocenters. The van der Waals surface area contributed by atoms with Gasteiger partial charge >= 0.3 is 0 Å². The van der Waals surface area contributed by atoms with E-state index in [1.54, 1.807) is 0 Å². The summed E-state index contributed by atoms with van der Waals surface area (Å²) in [5, 5.41) is 8.81. The van der Waals surface area contributed by atoms with Crippen molar-refractivity contribution >= 4 is 16.9 Å². The summed E-state index contributed by atoms with van der Waals surface area (Å²) in [7, 11) is 0. The zero-order chi connectivity index (χ0) is 14.1. The van der Waals surface area contributed by atoms with Gasteiger partial charge in [-0.15, -0.1) is 5.11 Å². The van der Waals surface area contributed by atoms with Crippen molar-refractivity contribution in [2.75, 3.05) is 0 Å². The van der Waals surface area contributed by atoms with E-state index in [-0.39, 0.29) is 0 Å². The smallest absolute Gasteiger partial charge is 0.114 e. The first kappa shape index (κ1) is 12.6. The third kappa shape index (κ3) is 2.11. The monoisotopic (exact) mass is 263 g/mol. The zero-order valence-corrected chi connectivity index (χ0v) is 12.0. The number of fused-ring (bicyclic) bond motifs is 1. The van der Waals surface area contributed by atoms with E-state index < -0.39 is 0 Å². The maximum atomic E-state index is 4.46. The Bertz CT molecular complexity index is 780. The number of aryl methyl sites for hydroxylation is 2. The fourth-order valence-corrected chi connectivity index (χ4v) is 2.32. The lowest BCUT2D eigenvalue weighted by Gasteiger charge is -1.96. The second-order valence-corrected chi connectivity index (χ2v) is 5.05. The molecular weight excluding hydrogens is 246 g/mol. The first-order valence-corrected chi connectivity index (χ1v) is 6.71. The van der Waals surface area contributed by atoms with Crippen molar-refractivity contribution in [2.45, 2.75) is 20.8 Å². The van der Waals surface area contributed by atoms with Gasteiger partial charge in [-0.1, -0.05) is 23.8 Å². The fraction of sp³-hybridized carbons (Fsp3) is 0.176. The topological polar surface area (TPSA) is 29.1 Å². The number of nitrogens with zero attached hydrogens (tertiary/aromatic N) is 3. The van der Waals surface area contributed by atoms with Crippen LogP contribution < -0.4 is 0 Å². The lowest BCUT2D eigenvalue weighted by molar-refractivity contribution is 1.09. The van der Waals surface area contributed by atoms with Crippen molar-refractivity contribution in [2.24, 2.45) is 10.2 Å². The Labute approximate surface area is 118 Å². The number of rotatable bonds is 2. The highest BCUT2D eigenvalue weighted by molar-refractivity contribution is 5.75. The van der Waals surface area contributed by atoms with Gasteiger partial charge in [0.2, 0.25) is 0 Å². The highest BCUT2D eigenvalue weighted by atomic mass is 15.1. The minimum absolute atomic E-state index is 0.878. The van der Waals surface area contributed by atoms with E-state index in [1.807, 2.05) is 36.4 Å². The van der Waals surface area contributed by atoms with Gasteiger partial charge in [-0.2, -0.15) is 5.11 Å². The molecule has 0 saturated heterocycles. The van der Waals surface area contributed by atoms with Crippen LogP contribution in [0, 0.1) is 20.8 Å². The molecule has 1 aromatic carbocycles. The molecule has 0 aliphatic carbocycles. The van der Waals surface area contributed by atoms with E-state index >= 15 is 0 Å². The average molecular weight is 263 g/mol. The largest absolute Gasteiger partial charge is 0.319 e. The minimum Gasteiger partial charge on any atom is -0.319 e. The molecular formula is C17H17N3. The van der Waals surface area contributed by atoms with Gasteiger partial charge in [0.25, 0.3) is 0 Å². The van der Waals surface area contributed by atoms with Crippen LogP contribution in [0.3, 0.4) is 0 Å². The van der Waals surface area contributed by atoms with Crippen LogP contribution in [-0.2, 0) is 0 Å². The molecule has 3 nitrogen and oxygen atoms in total. The second-order valence-electron chi connectivity index (χ2n) is 5.05. The summed E-state index contributed by atoms with van der Waals surface area (Å²) < 4.78 is 2.15. The quantitative estimate of drug-likeness (QED) is 0.563. The van der Waals surface area contributed by atoms with Gasteiger partial charge in [0, 0.05) is 11.9 Å². The van der Waals surface area contributed by atoms with E-state index in [9.17, 15) is 0 Å². The molecule has 3 aromatic rings. The molecule has 3 rings (SSSR count). The van der Waals surface area contributed by atoms with Crippen LogP contribution in [0.1, 0.15) is 16.8 Å². The molecule has 0 bridgehead atoms. The van der Waals surface area contributed by atoms with Crippen LogP contribution in [0.5, 0.6) is 0 Å². The van der Waals surface area contributed by atoms with Gasteiger partial charge in [0.1, 0.15) is 5.69 Å². The summed E-state index contributed by atoms with van der Waals surface area (Å²) in [6.45, 7) is 6.26. The third-order valence-electron chi connectivity index (χ3n) is 3.66. The molecule has 3 heteroatoms. The molecule has 0 fully saturated rings. The number of aromatic nitrogens is 1. The Morgan fingerprint density at radius 1 is 0.850 bits per heavy atom. The molecule has 0 atom stereocenters. The van der Waals surface area contributed by atoms with Crippen molar-refractivity contribution < 1.29 is 0 Å². The Morgan fingerprint density at radius 3 is 2.35 bits per heavy atom. The van der Waals surface area contributed by atoms with Crippen LogP contribution in [0.25, 0.3) is 5.52 Å². The number of hydrogen-bond donors (Lipinski definition) is 0. The van der Waals surface area contributed by atoms with Crippen LogP contribution in [0.2, 0.25) is 0 Å². The number of benzene rings is 1. The fourth-order valence-electron chi connectivity index (χ4n) is 2.32. The van der Waals surface area contributed by atoms with Crippen LogP contribution in [0.4, 0.5) is 11.4 Å². The van der Waals surface area contributed by atoms with E-state index in [4.69, 9.17) is 0 Å². The van der Waals surface area contributed by atoms with Crippen molar-refractivity contribution in [3.63, 3.8) is 0 Å². The molecule has 0 saturated carbocycles. The number of hydrogen-bond acceptors (Lipinski definition) is 2. The standard InChI is InChI=1S/C17H17N3/c1-12-7-9-15(10-8-12)18-19-17-13(2)14(3)20-11-5-4-6-16(17)20/h4-11H,1-3H3. The molecule has 0 N–H and O–H groups in total. The molecule has 0 aliphatic rings. The lowest BCUT2D eigenvalue weighted by atomic mass is 10.2. The summed E-state index contributed by atoms with van der Waals surface area (Å²) in [6, 6.07) is 14.2. The van der Waals surface area contributed by atoms with Crippen molar-refractivity contribution in [1.82, 2.24) is 4.40 Å². The predicted molar refractivity (Wildman–Crippen MR) is 82.2 cm³/mol. The molecule has 2 heterocycles. The summed E-state index contributed by atoms with van der Waals surface area (Å²) >= 11 is 0. The van der Waals surface area contributed by atoms with Gasteiger partial charge in [0.05, 0.1) is 11.2 Å². The summed E-state index contributed by atoms with van der Waals surface area (Å²) in [5.74, 6) is 0. The maximum Gasteiger partial charge on any atom is 0.114 e. The molecule has 2 aromatic heterocycles. The number of pyridine rings is 1. The van der Waals surface area contributed by atoms with Gasteiger partial charge < -0.3 is 4.40 Å². The van der Waals surface area contributed by atoms with Crippen LogP contribution >= 0.6 is 0 Å². The Hall–Kier alpha value is -2.42. The van der Waals surface area contributed by atoms with E-state index in [0.717, 1.165) is 16.9 Å². The van der Waals surface area contributed by atoms with Gasteiger partial charge in [-0.25, -0.2) is 0 Å². The van der Waals surface area contributed by atoms with Crippen LogP contribution in [-0.4, -0.2) is 4.40 Å². The molecule has 20 heavy (non-hydrogen) atoms. The summed E-state index contributed by atoms with van der Waals surface area (Å²) in [4.78, 5) is 0. The van der Waals surface area contributed by atoms with Gasteiger partial charge in [-0.3, -0.25) is 0 Å². The first-order chi connectivity index (χ1) is 9.66. The average Bonchev–Trinajstić information content (AvgIpc) is 2.71. The zero-order valence-electron chi connectivity index (χ0n) is 12.0. The van der Waals surface area contributed by atoms with E-state index in [0.29, 0.717) is 0 Å². The Balaban J connectivity index is 2.06. The lowest BCUT2D eigenvalue weighted by Crippen LogP contribution is -1.84. The molecule has 0 radical (unpaired) electrons.